The molecule has 472 valence electrons. The van der Waals surface area contributed by atoms with Crippen molar-refractivity contribution in [1.29, 1.82) is 0 Å². The number of phosphoric ester groups is 2. The Morgan fingerprint density at radius 1 is 0.358 bits per heavy atom. The first-order chi connectivity index (χ1) is 39.2. The highest BCUT2D eigenvalue weighted by Gasteiger charge is 2.29. The van der Waals surface area contributed by atoms with Crippen LogP contribution in [-0.2, 0) is 55.8 Å². The number of aliphatic hydroxyl groups excluding tert-OH is 2. The van der Waals surface area contributed by atoms with Crippen molar-refractivity contribution in [1.82, 2.24) is 0 Å². The van der Waals surface area contributed by atoms with Crippen LogP contribution in [0.2, 0.25) is 0 Å². The second-order valence-electron chi connectivity index (χ2n) is 21.2. The first-order valence-electron chi connectivity index (χ1n) is 31.6. The van der Waals surface area contributed by atoms with Gasteiger partial charge in [0.2, 0.25) is 0 Å². The van der Waals surface area contributed by atoms with E-state index in [1.54, 1.807) is 0 Å². The Labute approximate surface area is 490 Å². The van der Waals surface area contributed by atoms with E-state index in [4.69, 9.17) is 32.3 Å². The van der Waals surface area contributed by atoms with Gasteiger partial charge in [-0.15, -0.1) is 0 Å². The summed E-state index contributed by atoms with van der Waals surface area (Å²) in [5.41, 5.74) is 0. The van der Waals surface area contributed by atoms with Crippen LogP contribution >= 0.6 is 15.6 Å². The van der Waals surface area contributed by atoms with Gasteiger partial charge in [0, 0.05) is 19.3 Å². The predicted molar refractivity (Wildman–Crippen MR) is 325 cm³/mol. The largest absolute Gasteiger partial charge is 0.472 e. The van der Waals surface area contributed by atoms with Crippen LogP contribution in [0.25, 0.3) is 0 Å². The van der Waals surface area contributed by atoms with Crippen molar-refractivity contribution < 1.29 is 75.8 Å². The third-order valence-corrected chi connectivity index (χ3v) is 15.1. The number of aliphatic hydroxyl groups is 2. The van der Waals surface area contributed by atoms with Crippen molar-refractivity contribution in [2.75, 3.05) is 39.6 Å². The van der Waals surface area contributed by atoms with E-state index in [9.17, 15) is 43.5 Å². The molecule has 0 saturated carbocycles. The summed E-state index contributed by atoms with van der Waals surface area (Å²) in [7, 11) is -9.76. The minimum Gasteiger partial charge on any atom is -0.463 e. The summed E-state index contributed by atoms with van der Waals surface area (Å²) in [5, 5.41) is 20.5. The van der Waals surface area contributed by atoms with Crippen LogP contribution in [0.15, 0.2) is 60.8 Å². The molecule has 0 heterocycles. The Kier molecular flexibility index (Phi) is 55.7. The molecule has 0 bridgehead atoms. The molecule has 0 saturated heterocycles. The maximum Gasteiger partial charge on any atom is 0.472 e. The summed E-state index contributed by atoms with van der Waals surface area (Å²) < 4.78 is 60.7. The highest BCUT2D eigenvalue weighted by Crippen LogP contribution is 2.45. The predicted octanol–water partition coefficient (Wildman–Crippen LogP) is 16.6. The average molecular weight is 1190 g/mol. The van der Waals surface area contributed by atoms with Gasteiger partial charge in [0.1, 0.15) is 25.4 Å². The molecule has 0 amide bonds. The molecule has 0 aliphatic carbocycles. The van der Waals surface area contributed by atoms with E-state index in [2.05, 4.69) is 81.5 Å². The molecular formula is C63H114O16P2. The number of hydrogen-bond acceptors (Lipinski definition) is 14. The minimum atomic E-state index is -4.92. The number of hydrogen-bond donors (Lipinski definition) is 4. The Bertz CT molecular complexity index is 1730. The number of allylic oxidation sites excluding steroid dienone is 10. The molecule has 0 aromatic carbocycles. The third kappa shape index (κ3) is 58.8. The molecule has 0 radical (unpaired) electrons. The molecule has 16 nitrogen and oxygen atoms in total. The molecule has 0 aliphatic heterocycles. The minimum absolute atomic E-state index is 0.0919. The number of esters is 3. The van der Waals surface area contributed by atoms with Crippen LogP contribution in [0.1, 0.15) is 265 Å². The summed E-state index contributed by atoms with van der Waals surface area (Å²) in [5.74, 6) is -1.59. The summed E-state index contributed by atoms with van der Waals surface area (Å²) in [6.07, 6.45) is 55.7. The standard InChI is InChI=1S/C63H114O16P2/c1-4-7-10-13-16-19-22-25-27-28-30-33-34-37-40-43-46-49-61(66)73-52-58(64)53-75-80(69,70)76-54-59(65)55-77-81(71,72)78-57-60(79-63(68)51-48-45-42-39-36-31-24-21-18-15-12-9-6-3)56-74-62(67)50-47-44-41-38-35-32-29-26-23-20-17-14-11-8-5-2/h7,10,12,15-16,19,21,24-25,27,58-60,64-65H,4-6,8-9,11,13-14,17-18,20,22-23,26,28-57H2,1-3H3,(H,69,70)(H,71,72)/b10-7-,15-12-,19-16-,24-21-,27-25-. The lowest BCUT2D eigenvalue weighted by molar-refractivity contribution is -0.161. The molecular weight excluding hydrogens is 1070 g/mol. The molecule has 0 fully saturated rings. The zero-order chi connectivity index (χ0) is 59.6. The molecule has 0 aliphatic rings. The molecule has 81 heavy (non-hydrogen) atoms. The fourth-order valence-electron chi connectivity index (χ4n) is 8.39. The number of rotatable bonds is 60. The van der Waals surface area contributed by atoms with Gasteiger partial charge in [0.05, 0.1) is 26.4 Å². The highest BCUT2D eigenvalue weighted by molar-refractivity contribution is 7.47. The zero-order valence-electron chi connectivity index (χ0n) is 50.7. The van der Waals surface area contributed by atoms with E-state index in [0.717, 1.165) is 135 Å². The van der Waals surface area contributed by atoms with Gasteiger partial charge >= 0.3 is 33.6 Å². The molecule has 0 spiro atoms. The molecule has 4 N–H and O–H groups in total. The monoisotopic (exact) mass is 1190 g/mol. The quantitative estimate of drug-likeness (QED) is 0.0146. The van der Waals surface area contributed by atoms with Gasteiger partial charge in [-0.1, -0.05) is 229 Å². The number of carbonyl (C=O) groups excluding carboxylic acids is 3. The van der Waals surface area contributed by atoms with Crippen LogP contribution in [-0.4, -0.2) is 95.9 Å². The highest BCUT2D eigenvalue weighted by atomic mass is 31.2. The lowest BCUT2D eigenvalue weighted by Gasteiger charge is -2.21. The zero-order valence-corrected chi connectivity index (χ0v) is 52.5. The van der Waals surface area contributed by atoms with Crippen molar-refractivity contribution >= 4 is 33.6 Å². The van der Waals surface area contributed by atoms with Gasteiger partial charge in [0.25, 0.3) is 0 Å². The van der Waals surface area contributed by atoms with Crippen molar-refractivity contribution in [3.05, 3.63) is 60.8 Å². The van der Waals surface area contributed by atoms with Gasteiger partial charge in [0.15, 0.2) is 6.10 Å². The third-order valence-electron chi connectivity index (χ3n) is 13.2. The van der Waals surface area contributed by atoms with E-state index >= 15 is 0 Å². The smallest absolute Gasteiger partial charge is 0.463 e. The maximum atomic E-state index is 12.9. The van der Waals surface area contributed by atoms with Gasteiger partial charge in [-0.25, -0.2) is 9.13 Å². The summed E-state index contributed by atoms with van der Waals surface area (Å²) in [6.45, 7) is 2.47. The molecule has 18 heteroatoms. The fourth-order valence-corrected chi connectivity index (χ4v) is 9.97. The van der Waals surface area contributed by atoms with Crippen molar-refractivity contribution in [2.24, 2.45) is 0 Å². The SMILES string of the molecule is CC/C=C\C/C=C\C/C=C\CCCCCCCCCC(=O)OCC(O)COP(=O)(O)OCC(O)COP(=O)(O)OCC(COC(=O)CCCCCCCCCCCCCCCCC)OC(=O)CCCCCCC/C=C\C/C=C\CCC. The van der Waals surface area contributed by atoms with Gasteiger partial charge in [-0.3, -0.25) is 32.5 Å². The molecule has 5 unspecified atom stereocenters. The van der Waals surface area contributed by atoms with Gasteiger partial charge in [-0.2, -0.15) is 0 Å². The van der Waals surface area contributed by atoms with E-state index in [0.29, 0.717) is 19.3 Å². The Hall–Kier alpha value is -2.75. The Morgan fingerprint density at radius 3 is 1.09 bits per heavy atom. The first-order valence-corrected chi connectivity index (χ1v) is 34.6. The van der Waals surface area contributed by atoms with E-state index < -0.39 is 91.5 Å². The van der Waals surface area contributed by atoms with Crippen LogP contribution in [0.4, 0.5) is 0 Å². The number of phosphoric acid groups is 2. The van der Waals surface area contributed by atoms with Gasteiger partial charge < -0.3 is 34.2 Å². The normalized spacial score (nSPS) is 14.8. The van der Waals surface area contributed by atoms with E-state index in [1.165, 1.54) is 70.6 Å². The van der Waals surface area contributed by atoms with Crippen LogP contribution in [0.3, 0.4) is 0 Å². The first kappa shape index (κ1) is 78.2. The van der Waals surface area contributed by atoms with Crippen molar-refractivity contribution in [2.45, 2.75) is 283 Å². The molecule has 0 aromatic rings. The molecule has 5 atom stereocenters. The average Bonchev–Trinajstić information content (AvgIpc) is 3.44. The van der Waals surface area contributed by atoms with E-state index in [1.807, 2.05) is 0 Å². The van der Waals surface area contributed by atoms with Crippen LogP contribution in [0, 0.1) is 0 Å². The second kappa shape index (κ2) is 57.7. The summed E-state index contributed by atoms with van der Waals surface area (Å²) in [6, 6.07) is 0. The number of unbranched alkanes of at least 4 members (excludes halogenated alkanes) is 27. The lowest BCUT2D eigenvalue weighted by atomic mass is 10.0. The fraction of sp³-hybridized carbons (Fsp3) is 0.794. The second-order valence-corrected chi connectivity index (χ2v) is 24.1. The van der Waals surface area contributed by atoms with Crippen molar-refractivity contribution in [3.8, 4) is 0 Å². The lowest BCUT2D eigenvalue weighted by Crippen LogP contribution is -2.30. The molecule has 0 rings (SSSR count). The van der Waals surface area contributed by atoms with Crippen LogP contribution < -0.4 is 0 Å². The number of ether oxygens (including phenoxy) is 3. The Balaban J connectivity index is 4.65. The van der Waals surface area contributed by atoms with E-state index in [-0.39, 0.29) is 19.3 Å². The van der Waals surface area contributed by atoms with Crippen molar-refractivity contribution in [3.63, 3.8) is 0 Å². The summed E-state index contributed by atoms with van der Waals surface area (Å²) in [4.78, 5) is 58.2. The Morgan fingerprint density at radius 2 is 0.679 bits per heavy atom. The summed E-state index contributed by atoms with van der Waals surface area (Å²) >= 11 is 0. The topological polar surface area (TPSA) is 231 Å². The van der Waals surface area contributed by atoms with Crippen LogP contribution in [0.5, 0.6) is 0 Å². The number of carbonyl (C=O) groups is 3. The van der Waals surface area contributed by atoms with Gasteiger partial charge in [-0.05, 0) is 77.0 Å². The molecule has 0 aromatic heterocycles. The maximum absolute atomic E-state index is 12.9.